The quantitative estimate of drug-likeness (QED) is 0.910. The zero-order chi connectivity index (χ0) is 13.4. The lowest BCUT2D eigenvalue weighted by Crippen LogP contribution is -2.04. The van der Waals surface area contributed by atoms with E-state index in [9.17, 15) is 5.11 Å². The molecule has 2 aromatic carbocycles. The number of hydrogen-bond acceptors (Lipinski definition) is 4. The molecule has 0 amide bonds. The van der Waals surface area contributed by atoms with Crippen molar-refractivity contribution in [2.24, 2.45) is 0 Å². The Balaban J connectivity index is 2.31. The third-order valence-corrected chi connectivity index (χ3v) is 4.31. The van der Waals surface area contributed by atoms with Crippen LogP contribution in [0.4, 0.5) is 0 Å². The summed E-state index contributed by atoms with van der Waals surface area (Å²) in [7, 11) is 3.26. The molecule has 1 N–H and O–H groups in total. The van der Waals surface area contributed by atoms with Gasteiger partial charge in [0.15, 0.2) is 11.5 Å². The number of rotatable bonds is 2. The number of thioether (sulfide) groups is 1. The van der Waals surface area contributed by atoms with Crippen molar-refractivity contribution < 1.29 is 14.6 Å². The van der Waals surface area contributed by atoms with Gasteiger partial charge >= 0.3 is 0 Å². The molecule has 0 aromatic heterocycles. The van der Waals surface area contributed by atoms with E-state index < -0.39 is 5.44 Å². The summed E-state index contributed by atoms with van der Waals surface area (Å²) in [6.07, 6.45) is 0. The van der Waals surface area contributed by atoms with Gasteiger partial charge < -0.3 is 14.6 Å². The molecule has 1 unspecified atom stereocenters. The summed E-state index contributed by atoms with van der Waals surface area (Å²) in [5, 5.41) is 10.2. The van der Waals surface area contributed by atoms with E-state index in [0.717, 1.165) is 21.6 Å². The first-order valence-electron chi connectivity index (χ1n) is 5.95. The molecule has 0 bridgehead atoms. The summed E-state index contributed by atoms with van der Waals surface area (Å²) in [4.78, 5) is 1.00. The van der Waals surface area contributed by atoms with Crippen LogP contribution < -0.4 is 9.47 Å². The Bertz CT molecular complexity index is 625. The zero-order valence-corrected chi connectivity index (χ0v) is 11.5. The average Bonchev–Trinajstić information content (AvgIpc) is 2.46. The Morgan fingerprint density at radius 3 is 2.58 bits per heavy atom. The summed E-state index contributed by atoms with van der Waals surface area (Å²) in [5.74, 6) is 1.42. The second-order valence-corrected chi connectivity index (χ2v) is 5.35. The second-order valence-electron chi connectivity index (χ2n) is 4.23. The minimum absolute atomic E-state index is 0.540. The van der Waals surface area contributed by atoms with Crippen molar-refractivity contribution in [3.05, 3.63) is 42.0 Å². The van der Waals surface area contributed by atoms with Crippen LogP contribution in [0.1, 0.15) is 11.0 Å². The predicted octanol–water partition coefficient (Wildman–Crippen LogP) is 3.47. The molecule has 2 aromatic rings. The molecular weight excluding hydrogens is 260 g/mol. The largest absolute Gasteiger partial charge is 0.493 e. The van der Waals surface area contributed by atoms with E-state index >= 15 is 0 Å². The minimum atomic E-state index is -0.540. The van der Waals surface area contributed by atoms with Gasteiger partial charge in [-0.15, -0.1) is 0 Å². The number of aliphatic hydroxyl groups is 1. The summed E-state index contributed by atoms with van der Waals surface area (Å²) in [6.45, 7) is 0. The molecule has 0 radical (unpaired) electrons. The maximum absolute atomic E-state index is 10.2. The Morgan fingerprint density at radius 1 is 1.05 bits per heavy atom. The van der Waals surface area contributed by atoms with Gasteiger partial charge in [0, 0.05) is 10.5 Å². The fraction of sp³-hybridized carbons (Fsp3) is 0.200. The smallest absolute Gasteiger partial charge is 0.169 e. The van der Waals surface area contributed by atoms with Crippen molar-refractivity contribution >= 4 is 11.8 Å². The molecule has 19 heavy (non-hydrogen) atoms. The third kappa shape index (κ3) is 1.88. The maximum Gasteiger partial charge on any atom is 0.169 e. The Morgan fingerprint density at radius 2 is 1.84 bits per heavy atom. The van der Waals surface area contributed by atoms with Crippen molar-refractivity contribution in [1.29, 1.82) is 0 Å². The van der Waals surface area contributed by atoms with Crippen LogP contribution in [0.2, 0.25) is 0 Å². The standard InChI is InChI=1S/C15H14O3S/c1-17-11-7-8-12-13(14(11)18-2)9-5-3-4-6-10(9)15(16)19-12/h3-8,15-16H,1-2H3. The van der Waals surface area contributed by atoms with Gasteiger partial charge in [-0.25, -0.2) is 0 Å². The fourth-order valence-electron chi connectivity index (χ4n) is 2.39. The van der Waals surface area contributed by atoms with Crippen molar-refractivity contribution in [3.63, 3.8) is 0 Å². The van der Waals surface area contributed by atoms with Crippen molar-refractivity contribution in [2.75, 3.05) is 14.2 Å². The molecule has 98 valence electrons. The molecular formula is C15H14O3S. The van der Waals surface area contributed by atoms with Crippen LogP contribution in [-0.2, 0) is 0 Å². The summed E-state index contributed by atoms with van der Waals surface area (Å²) < 4.78 is 10.9. The number of hydrogen-bond donors (Lipinski definition) is 1. The highest BCUT2D eigenvalue weighted by atomic mass is 32.2. The Hall–Kier alpha value is -1.65. The van der Waals surface area contributed by atoms with E-state index in [1.54, 1.807) is 14.2 Å². The van der Waals surface area contributed by atoms with Crippen LogP contribution in [-0.4, -0.2) is 19.3 Å². The van der Waals surface area contributed by atoms with Gasteiger partial charge in [-0.1, -0.05) is 36.0 Å². The van der Waals surface area contributed by atoms with Gasteiger partial charge in [0.1, 0.15) is 5.44 Å². The highest BCUT2D eigenvalue weighted by Crippen LogP contribution is 2.53. The lowest BCUT2D eigenvalue weighted by Gasteiger charge is -2.26. The second kappa shape index (κ2) is 4.79. The number of aliphatic hydroxyl groups excluding tert-OH is 1. The summed E-state index contributed by atoms with van der Waals surface area (Å²) >= 11 is 1.42. The van der Waals surface area contributed by atoms with Gasteiger partial charge in [0.05, 0.1) is 14.2 Å². The number of ether oxygens (including phenoxy) is 2. The van der Waals surface area contributed by atoms with Crippen LogP contribution in [0.25, 0.3) is 11.1 Å². The van der Waals surface area contributed by atoms with Crippen LogP contribution in [0.15, 0.2) is 41.3 Å². The maximum atomic E-state index is 10.2. The molecule has 4 heteroatoms. The van der Waals surface area contributed by atoms with Crippen LogP contribution in [0.5, 0.6) is 11.5 Å². The molecule has 1 atom stereocenters. The van der Waals surface area contributed by atoms with E-state index in [2.05, 4.69) is 0 Å². The van der Waals surface area contributed by atoms with E-state index in [1.165, 1.54) is 11.8 Å². The SMILES string of the molecule is COc1ccc2c(c1OC)-c1ccccc1C(O)S2. The molecule has 1 aliphatic heterocycles. The lowest BCUT2D eigenvalue weighted by atomic mass is 9.98. The van der Waals surface area contributed by atoms with Crippen molar-refractivity contribution in [3.8, 4) is 22.6 Å². The molecule has 0 saturated heterocycles. The van der Waals surface area contributed by atoms with Crippen LogP contribution in [0, 0.1) is 0 Å². The normalized spacial score (nSPS) is 16.5. The first kappa shape index (κ1) is 12.4. The number of methoxy groups -OCH3 is 2. The zero-order valence-electron chi connectivity index (χ0n) is 10.7. The van der Waals surface area contributed by atoms with E-state index in [-0.39, 0.29) is 0 Å². The highest BCUT2D eigenvalue weighted by Gasteiger charge is 2.27. The lowest BCUT2D eigenvalue weighted by molar-refractivity contribution is 0.269. The van der Waals surface area contributed by atoms with Gasteiger partial charge in [0.2, 0.25) is 0 Å². The monoisotopic (exact) mass is 274 g/mol. The Kier molecular flexibility index (Phi) is 3.12. The van der Waals surface area contributed by atoms with E-state index in [1.807, 2.05) is 36.4 Å². The first-order chi connectivity index (χ1) is 9.26. The Labute approximate surface area is 116 Å². The van der Waals surface area contributed by atoms with Crippen molar-refractivity contribution in [1.82, 2.24) is 0 Å². The van der Waals surface area contributed by atoms with Gasteiger partial charge in [-0.2, -0.15) is 0 Å². The minimum Gasteiger partial charge on any atom is -0.493 e. The molecule has 0 aliphatic carbocycles. The predicted molar refractivity (Wildman–Crippen MR) is 75.8 cm³/mol. The van der Waals surface area contributed by atoms with E-state index in [0.29, 0.717) is 11.5 Å². The molecule has 3 rings (SSSR count). The van der Waals surface area contributed by atoms with Crippen LogP contribution >= 0.6 is 11.8 Å². The molecule has 0 saturated carbocycles. The molecule has 3 nitrogen and oxygen atoms in total. The molecule has 0 spiro atoms. The van der Waals surface area contributed by atoms with Gasteiger partial charge in [0.25, 0.3) is 0 Å². The molecule has 1 aliphatic rings. The van der Waals surface area contributed by atoms with Crippen LogP contribution in [0.3, 0.4) is 0 Å². The van der Waals surface area contributed by atoms with Gasteiger partial charge in [-0.05, 0) is 23.3 Å². The first-order valence-corrected chi connectivity index (χ1v) is 6.83. The molecule has 1 heterocycles. The average molecular weight is 274 g/mol. The van der Waals surface area contributed by atoms with E-state index in [4.69, 9.17) is 9.47 Å². The topological polar surface area (TPSA) is 38.7 Å². The van der Waals surface area contributed by atoms with Crippen molar-refractivity contribution in [2.45, 2.75) is 10.3 Å². The fourth-order valence-corrected chi connectivity index (χ4v) is 3.43. The molecule has 0 fully saturated rings. The number of benzene rings is 2. The highest BCUT2D eigenvalue weighted by molar-refractivity contribution is 7.99. The summed E-state index contributed by atoms with van der Waals surface area (Å²) in [6, 6.07) is 11.7. The summed E-state index contributed by atoms with van der Waals surface area (Å²) in [5.41, 5.74) is 2.36. The van der Waals surface area contributed by atoms with Gasteiger partial charge in [-0.3, -0.25) is 0 Å². The number of fused-ring (bicyclic) bond motifs is 3. The third-order valence-electron chi connectivity index (χ3n) is 3.24.